The standard InChI is InChI=1S/C19H25N3O2/c23-18(21-13-6-1-2-7-14-21)12-15-22-19(24)11-10-17(20-22)16-8-4-3-5-9-16/h3-5,8-9H,1-2,6-7,10-15H2. The van der Waals surface area contributed by atoms with Crippen molar-refractivity contribution in [2.75, 3.05) is 19.6 Å². The second-order valence-corrected chi connectivity index (χ2v) is 6.47. The highest BCUT2D eigenvalue weighted by Crippen LogP contribution is 2.16. The van der Waals surface area contributed by atoms with Crippen LogP contribution in [-0.2, 0) is 9.59 Å². The highest BCUT2D eigenvalue weighted by Gasteiger charge is 2.23. The van der Waals surface area contributed by atoms with E-state index >= 15 is 0 Å². The molecular formula is C19H25N3O2. The molecule has 0 saturated carbocycles. The zero-order valence-corrected chi connectivity index (χ0v) is 14.1. The third kappa shape index (κ3) is 4.22. The van der Waals surface area contributed by atoms with Crippen LogP contribution < -0.4 is 0 Å². The summed E-state index contributed by atoms with van der Waals surface area (Å²) in [5.41, 5.74) is 1.98. The first-order valence-electron chi connectivity index (χ1n) is 8.95. The Morgan fingerprint density at radius 3 is 2.42 bits per heavy atom. The fourth-order valence-electron chi connectivity index (χ4n) is 3.29. The summed E-state index contributed by atoms with van der Waals surface area (Å²) in [5.74, 6) is 0.157. The van der Waals surface area contributed by atoms with Crippen LogP contribution in [0.5, 0.6) is 0 Å². The Hall–Kier alpha value is -2.17. The van der Waals surface area contributed by atoms with Gasteiger partial charge in [-0.1, -0.05) is 43.2 Å². The van der Waals surface area contributed by atoms with E-state index in [1.165, 1.54) is 17.9 Å². The molecule has 0 N–H and O–H groups in total. The molecule has 0 spiro atoms. The third-order valence-corrected chi connectivity index (χ3v) is 4.71. The van der Waals surface area contributed by atoms with Gasteiger partial charge in [0.25, 0.3) is 0 Å². The molecule has 1 saturated heterocycles. The Morgan fingerprint density at radius 2 is 1.71 bits per heavy atom. The summed E-state index contributed by atoms with van der Waals surface area (Å²) in [6.07, 6.45) is 6.08. The van der Waals surface area contributed by atoms with Crippen LogP contribution in [0.15, 0.2) is 35.4 Å². The topological polar surface area (TPSA) is 53.0 Å². The van der Waals surface area contributed by atoms with Crippen LogP contribution in [0.4, 0.5) is 0 Å². The number of nitrogens with zero attached hydrogens (tertiary/aromatic N) is 3. The monoisotopic (exact) mass is 327 g/mol. The van der Waals surface area contributed by atoms with Crippen molar-refractivity contribution < 1.29 is 9.59 Å². The Morgan fingerprint density at radius 1 is 1.00 bits per heavy atom. The van der Waals surface area contributed by atoms with Crippen molar-refractivity contribution in [2.24, 2.45) is 5.10 Å². The SMILES string of the molecule is O=C(CCN1N=C(c2ccccc2)CCC1=O)N1CCCCCC1. The van der Waals surface area contributed by atoms with Crippen molar-refractivity contribution >= 4 is 17.5 Å². The lowest BCUT2D eigenvalue weighted by atomic mass is 10.0. The van der Waals surface area contributed by atoms with Crippen molar-refractivity contribution in [3.8, 4) is 0 Å². The Bertz CT molecular complexity index is 604. The van der Waals surface area contributed by atoms with Crippen LogP contribution in [-0.4, -0.2) is 47.1 Å². The van der Waals surface area contributed by atoms with E-state index < -0.39 is 0 Å². The van der Waals surface area contributed by atoms with Crippen molar-refractivity contribution in [3.05, 3.63) is 35.9 Å². The molecule has 3 rings (SSSR count). The predicted octanol–water partition coefficient (Wildman–Crippen LogP) is 2.81. The quantitative estimate of drug-likeness (QED) is 0.854. The van der Waals surface area contributed by atoms with Gasteiger partial charge in [0.15, 0.2) is 0 Å². The van der Waals surface area contributed by atoms with E-state index in [1.54, 1.807) is 0 Å². The summed E-state index contributed by atoms with van der Waals surface area (Å²) < 4.78 is 0. The lowest BCUT2D eigenvalue weighted by Gasteiger charge is -2.25. The van der Waals surface area contributed by atoms with Gasteiger partial charge >= 0.3 is 0 Å². The highest BCUT2D eigenvalue weighted by atomic mass is 16.2. The molecule has 24 heavy (non-hydrogen) atoms. The maximum atomic E-state index is 12.4. The molecule has 2 aliphatic heterocycles. The number of likely N-dealkylation sites (tertiary alicyclic amines) is 1. The first kappa shape index (κ1) is 16.7. The molecule has 1 aromatic rings. The van der Waals surface area contributed by atoms with Crippen LogP contribution in [0, 0.1) is 0 Å². The first-order valence-corrected chi connectivity index (χ1v) is 8.95. The summed E-state index contributed by atoms with van der Waals surface area (Å²) in [4.78, 5) is 26.4. The third-order valence-electron chi connectivity index (χ3n) is 4.71. The Balaban J connectivity index is 1.60. The predicted molar refractivity (Wildman–Crippen MR) is 93.6 cm³/mol. The molecule has 0 atom stereocenters. The van der Waals surface area contributed by atoms with Crippen LogP contribution in [0.25, 0.3) is 0 Å². The van der Waals surface area contributed by atoms with Gasteiger partial charge in [-0.25, -0.2) is 5.01 Å². The highest BCUT2D eigenvalue weighted by molar-refractivity contribution is 6.04. The summed E-state index contributed by atoms with van der Waals surface area (Å²) in [6, 6.07) is 9.93. The molecule has 5 nitrogen and oxygen atoms in total. The second-order valence-electron chi connectivity index (χ2n) is 6.47. The van der Waals surface area contributed by atoms with Crippen molar-refractivity contribution in [3.63, 3.8) is 0 Å². The smallest absolute Gasteiger partial charge is 0.243 e. The van der Waals surface area contributed by atoms with Crippen LogP contribution >= 0.6 is 0 Å². The van der Waals surface area contributed by atoms with E-state index in [4.69, 9.17) is 0 Å². The lowest BCUT2D eigenvalue weighted by molar-refractivity contribution is -0.134. The van der Waals surface area contributed by atoms with E-state index in [0.29, 0.717) is 25.8 Å². The van der Waals surface area contributed by atoms with Gasteiger partial charge in [-0.2, -0.15) is 5.10 Å². The molecule has 2 aliphatic rings. The number of amides is 2. The molecule has 1 aromatic carbocycles. The van der Waals surface area contributed by atoms with E-state index in [2.05, 4.69) is 5.10 Å². The van der Waals surface area contributed by atoms with Gasteiger partial charge < -0.3 is 4.90 Å². The molecule has 2 amide bonds. The van der Waals surface area contributed by atoms with Crippen molar-refractivity contribution in [1.29, 1.82) is 0 Å². The summed E-state index contributed by atoms with van der Waals surface area (Å²) in [7, 11) is 0. The molecule has 0 unspecified atom stereocenters. The minimum atomic E-state index is 0.0124. The summed E-state index contributed by atoms with van der Waals surface area (Å²) in [6.45, 7) is 2.08. The minimum absolute atomic E-state index is 0.0124. The molecule has 1 fully saturated rings. The zero-order chi connectivity index (χ0) is 16.8. The number of hydrogen-bond acceptors (Lipinski definition) is 3. The minimum Gasteiger partial charge on any atom is -0.343 e. The van der Waals surface area contributed by atoms with E-state index in [-0.39, 0.29) is 11.8 Å². The molecule has 128 valence electrons. The normalized spacial score (nSPS) is 19.0. The summed E-state index contributed by atoms with van der Waals surface area (Å²) in [5, 5.41) is 5.99. The van der Waals surface area contributed by atoms with Gasteiger partial charge in [0.05, 0.1) is 12.3 Å². The fourth-order valence-corrected chi connectivity index (χ4v) is 3.29. The van der Waals surface area contributed by atoms with Gasteiger partial charge in [0.1, 0.15) is 0 Å². The molecule has 0 aromatic heterocycles. The summed E-state index contributed by atoms with van der Waals surface area (Å²) >= 11 is 0. The average molecular weight is 327 g/mol. The van der Waals surface area contributed by atoms with Gasteiger partial charge in [-0.15, -0.1) is 0 Å². The number of hydrogen-bond donors (Lipinski definition) is 0. The molecule has 0 aliphatic carbocycles. The number of hydrazone groups is 1. The number of carbonyl (C=O) groups is 2. The molecule has 2 heterocycles. The van der Waals surface area contributed by atoms with Crippen LogP contribution in [0.1, 0.15) is 50.5 Å². The van der Waals surface area contributed by atoms with E-state index in [1.807, 2.05) is 35.2 Å². The maximum absolute atomic E-state index is 12.4. The second kappa shape index (κ2) is 8.08. The molecule has 0 bridgehead atoms. The van der Waals surface area contributed by atoms with Crippen molar-refractivity contribution in [1.82, 2.24) is 9.91 Å². The Kier molecular flexibility index (Phi) is 5.62. The number of carbonyl (C=O) groups excluding carboxylic acids is 2. The maximum Gasteiger partial charge on any atom is 0.243 e. The van der Waals surface area contributed by atoms with Gasteiger partial charge in [0, 0.05) is 32.4 Å². The lowest BCUT2D eigenvalue weighted by Crippen LogP contribution is -2.37. The van der Waals surface area contributed by atoms with Crippen LogP contribution in [0.3, 0.4) is 0 Å². The van der Waals surface area contributed by atoms with E-state index in [0.717, 1.165) is 37.2 Å². The zero-order valence-electron chi connectivity index (χ0n) is 14.1. The van der Waals surface area contributed by atoms with Gasteiger partial charge in [-0.05, 0) is 18.4 Å². The molecule has 5 heteroatoms. The van der Waals surface area contributed by atoms with Gasteiger partial charge in [0.2, 0.25) is 11.8 Å². The number of rotatable bonds is 4. The fraction of sp³-hybridized carbons (Fsp3) is 0.526. The largest absolute Gasteiger partial charge is 0.343 e. The molecular weight excluding hydrogens is 302 g/mol. The number of benzene rings is 1. The first-order chi connectivity index (χ1) is 11.7. The van der Waals surface area contributed by atoms with Crippen LogP contribution in [0.2, 0.25) is 0 Å². The molecule has 0 radical (unpaired) electrons. The van der Waals surface area contributed by atoms with Crippen molar-refractivity contribution in [2.45, 2.75) is 44.9 Å². The van der Waals surface area contributed by atoms with E-state index in [9.17, 15) is 9.59 Å². The van der Waals surface area contributed by atoms with Gasteiger partial charge in [-0.3, -0.25) is 9.59 Å². The average Bonchev–Trinajstić information content (AvgIpc) is 2.91. The Labute approximate surface area is 143 Å².